The molecule has 0 heterocycles. The first-order chi connectivity index (χ1) is 13.6. The van der Waals surface area contributed by atoms with Gasteiger partial charge in [0.2, 0.25) is 0 Å². The summed E-state index contributed by atoms with van der Waals surface area (Å²) in [7, 11) is 0. The summed E-state index contributed by atoms with van der Waals surface area (Å²) < 4.78 is 72.9. The Morgan fingerprint density at radius 1 is 1.00 bits per heavy atom. The van der Waals surface area contributed by atoms with E-state index in [1.165, 1.54) is 25.7 Å². The molecule has 0 aromatic carbocycles. The fourth-order valence-electron chi connectivity index (χ4n) is 4.79. The maximum atomic E-state index is 13.9. The van der Waals surface area contributed by atoms with E-state index in [2.05, 4.69) is 11.7 Å². The van der Waals surface area contributed by atoms with Crippen molar-refractivity contribution < 1.29 is 36.2 Å². The van der Waals surface area contributed by atoms with Gasteiger partial charge in [-0.25, -0.2) is 8.78 Å². The lowest BCUT2D eigenvalue weighted by atomic mass is 9.69. The van der Waals surface area contributed by atoms with E-state index >= 15 is 0 Å². The second-order valence-electron chi connectivity index (χ2n) is 8.60. The van der Waals surface area contributed by atoms with Gasteiger partial charge in [0.05, 0.1) is 5.92 Å². The monoisotopic (exact) mass is 422 g/mol. The largest absolute Gasteiger partial charge is 0.572 e. The van der Waals surface area contributed by atoms with Crippen LogP contribution in [-0.4, -0.2) is 18.5 Å². The number of alkyl halides is 4. The van der Waals surface area contributed by atoms with Crippen LogP contribution in [0, 0.1) is 23.7 Å². The summed E-state index contributed by atoms with van der Waals surface area (Å²) in [5, 5.41) is 0. The second-order valence-corrected chi connectivity index (χ2v) is 8.60. The lowest BCUT2D eigenvalue weighted by Crippen LogP contribution is -2.29. The Morgan fingerprint density at radius 2 is 1.55 bits per heavy atom. The van der Waals surface area contributed by atoms with Gasteiger partial charge in [0.1, 0.15) is 5.76 Å². The fourth-order valence-corrected chi connectivity index (χ4v) is 4.79. The standard InChI is InChI=1S/C21H27F5O3/c1-12-2-4-13(5-3-12)14-6-8-15(9-7-14)20(27)28-16-10-17(22)19(18(23)11-16)29-21(24,25)26/h10,12-15,18H,2-9,11H2,1H3. The molecule has 0 saturated heterocycles. The maximum absolute atomic E-state index is 13.9. The predicted octanol–water partition coefficient (Wildman–Crippen LogP) is 6.51. The Labute approximate surface area is 167 Å². The molecule has 2 fully saturated rings. The molecule has 164 valence electrons. The molecule has 1 unspecified atom stereocenters. The van der Waals surface area contributed by atoms with Crippen LogP contribution in [0.3, 0.4) is 0 Å². The summed E-state index contributed by atoms with van der Waals surface area (Å²) in [6.07, 6.45) is 0.578. The van der Waals surface area contributed by atoms with E-state index in [0.29, 0.717) is 30.8 Å². The van der Waals surface area contributed by atoms with Gasteiger partial charge in [-0.05, 0) is 56.3 Å². The van der Waals surface area contributed by atoms with Gasteiger partial charge in [0.15, 0.2) is 17.8 Å². The Balaban J connectivity index is 1.51. The lowest BCUT2D eigenvalue weighted by Gasteiger charge is -2.36. The molecule has 0 aromatic rings. The summed E-state index contributed by atoms with van der Waals surface area (Å²) >= 11 is 0. The number of hydrogen-bond acceptors (Lipinski definition) is 3. The van der Waals surface area contributed by atoms with Crippen molar-refractivity contribution in [1.29, 1.82) is 0 Å². The predicted molar refractivity (Wildman–Crippen MR) is 95.5 cm³/mol. The van der Waals surface area contributed by atoms with Crippen molar-refractivity contribution in [3.8, 4) is 0 Å². The first kappa shape index (κ1) is 22.1. The molecule has 0 radical (unpaired) electrons. The molecule has 2 saturated carbocycles. The van der Waals surface area contributed by atoms with Gasteiger partial charge in [-0.1, -0.05) is 19.8 Å². The van der Waals surface area contributed by atoms with Crippen molar-refractivity contribution >= 4 is 5.97 Å². The van der Waals surface area contributed by atoms with Crippen LogP contribution < -0.4 is 0 Å². The number of esters is 1. The van der Waals surface area contributed by atoms with Crippen molar-refractivity contribution in [3.05, 3.63) is 23.4 Å². The molecule has 3 aliphatic carbocycles. The molecule has 1 atom stereocenters. The minimum atomic E-state index is -5.19. The average molecular weight is 422 g/mol. The van der Waals surface area contributed by atoms with Crippen molar-refractivity contribution in [3.63, 3.8) is 0 Å². The van der Waals surface area contributed by atoms with E-state index in [0.717, 1.165) is 18.8 Å². The Hall–Kier alpha value is -1.60. The van der Waals surface area contributed by atoms with Crippen LogP contribution in [-0.2, 0) is 14.3 Å². The first-order valence-electron chi connectivity index (χ1n) is 10.3. The van der Waals surface area contributed by atoms with E-state index in [1.807, 2.05) is 0 Å². The van der Waals surface area contributed by atoms with Gasteiger partial charge in [0, 0.05) is 12.5 Å². The van der Waals surface area contributed by atoms with Crippen LogP contribution in [0.15, 0.2) is 23.4 Å². The van der Waals surface area contributed by atoms with Crippen molar-refractivity contribution in [1.82, 2.24) is 0 Å². The molecule has 0 aromatic heterocycles. The molecule has 8 heteroatoms. The van der Waals surface area contributed by atoms with Gasteiger partial charge in [0.25, 0.3) is 0 Å². The molecule has 3 aliphatic rings. The molecule has 0 N–H and O–H groups in total. The third-order valence-corrected chi connectivity index (χ3v) is 6.48. The van der Waals surface area contributed by atoms with E-state index in [-0.39, 0.29) is 11.7 Å². The lowest BCUT2D eigenvalue weighted by molar-refractivity contribution is -0.310. The van der Waals surface area contributed by atoms with Gasteiger partial charge in [-0.3, -0.25) is 4.79 Å². The highest BCUT2D eigenvalue weighted by Crippen LogP contribution is 2.42. The number of ether oxygens (including phenoxy) is 2. The van der Waals surface area contributed by atoms with Crippen LogP contribution >= 0.6 is 0 Å². The zero-order chi connectivity index (χ0) is 21.2. The summed E-state index contributed by atoms with van der Waals surface area (Å²) in [6.45, 7) is 2.28. The van der Waals surface area contributed by atoms with Crippen LogP contribution in [0.1, 0.15) is 64.7 Å². The highest BCUT2D eigenvalue weighted by molar-refractivity contribution is 5.73. The molecule has 0 spiro atoms. The molecule has 0 bridgehead atoms. The van der Waals surface area contributed by atoms with Gasteiger partial charge >= 0.3 is 12.3 Å². The minimum Gasteiger partial charge on any atom is -0.431 e. The summed E-state index contributed by atoms with van der Waals surface area (Å²) in [5.74, 6) is -2.05. The summed E-state index contributed by atoms with van der Waals surface area (Å²) in [4.78, 5) is 12.4. The molecular formula is C21H27F5O3. The quantitative estimate of drug-likeness (QED) is 0.383. The van der Waals surface area contributed by atoms with Gasteiger partial charge in [-0.2, -0.15) is 0 Å². The zero-order valence-corrected chi connectivity index (χ0v) is 16.4. The number of rotatable bonds is 4. The van der Waals surface area contributed by atoms with Gasteiger partial charge in [-0.15, -0.1) is 13.2 Å². The molecule has 0 amide bonds. The number of halogens is 5. The van der Waals surface area contributed by atoms with Crippen LogP contribution in [0.4, 0.5) is 22.0 Å². The van der Waals surface area contributed by atoms with E-state index in [1.54, 1.807) is 0 Å². The highest BCUT2D eigenvalue weighted by Gasteiger charge is 2.39. The van der Waals surface area contributed by atoms with Crippen LogP contribution in [0.25, 0.3) is 0 Å². The Morgan fingerprint density at radius 3 is 2.07 bits per heavy atom. The highest BCUT2D eigenvalue weighted by atomic mass is 19.4. The average Bonchev–Trinajstić information content (AvgIpc) is 2.65. The minimum absolute atomic E-state index is 0.307. The third-order valence-electron chi connectivity index (χ3n) is 6.48. The Bertz CT molecular complexity index is 654. The van der Waals surface area contributed by atoms with Crippen molar-refractivity contribution in [2.24, 2.45) is 23.7 Å². The molecule has 3 nitrogen and oxygen atoms in total. The summed E-state index contributed by atoms with van der Waals surface area (Å²) in [6, 6.07) is 0. The van der Waals surface area contributed by atoms with E-state index in [4.69, 9.17) is 4.74 Å². The molecule has 29 heavy (non-hydrogen) atoms. The number of allylic oxidation sites excluding steroid dienone is 4. The van der Waals surface area contributed by atoms with E-state index < -0.39 is 36.5 Å². The zero-order valence-electron chi connectivity index (χ0n) is 16.4. The smallest absolute Gasteiger partial charge is 0.431 e. The van der Waals surface area contributed by atoms with Gasteiger partial charge < -0.3 is 9.47 Å². The Kier molecular flexibility index (Phi) is 6.89. The van der Waals surface area contributed by atoms with Crippen LogP contribution in [0.2, 0.25) is 0 Å². The second kappa shape index (κ2) is 9.04. The molecular weight excluding hydrogens is 395 g/mol. The topological polar surface area (TPSA) is 35.5 Å². The van der Waals surface area contributed by atoms with E-state index in [9.17, 15) is 26.7 Å². The summed E-state index contributed by atoms with van der Waals surface area (Å²) in [5.41, 5.74) is 0. The number of hydrogen-bond donors (Lipinski definition) is 0. The third kappa shape index (κ3) is 5.95. The first-order valence-corrected chi connectivity index (χ1v) is 10.3. The number of carbonyl (C=O) groups excluding carboxylic acids is 1. The fraction of sp³-hybridized carbons (Fsp3) is 0.762. The van der Waals surface area contributed by atoms with Crippen LogP contribution in [0.5, 0.6) is 0 Å². The molecule has 0 aliphatic heterocycles. The number of carbonyl (C=O) groups is 1. The maximum Gasteiger partial charge on any atom is 0.572 e. The van der Waals surface area contributed by atoms with Crippen molar-refractivity contribution in [2.75, 3.05) is 0 Å². The SMILES string of the molecule is CC1CCC(C2CCC(C(=O)OC3=CC(F)=C(OC(F)(F)F)C(F)C3)CC2)CC1. The van der Waals surface area contributed by atoms with Crippen molar-refractivity contribution in [2.45, 2.75) is 77.2 Å². The normalized spacial score (nSPS) is 33.9. The molecule has 3 rings (SSSR count).